The van der Waals surface area contributed by atoms with Gasteiger partial charge in [0, 0.05) is 0 Å². The van der Waals surface area contributed by atoms with Crippen LogP contribution in [0.3, 0.4) is 0 Å². The third kappa shape index (κ3) is 3.46. The van der Waals surface area contributed by atoms with Gasteiger partial charge in [-0.1, -0.05) is 19.8 Å². The summed E-state index contributed by atoms with van der Waals surface area (Å²) in [5.74, 6) is -0.778. The molecule has 2 saturated heterocycles. The summed E-state index contributed by atoms with van der Waals surface area (Å²) in [6.07, 6.45) is 3.10. The molecule has 2 atom stereocenters. The lowest BCUT2D eigenvalue weighted by Gasteiger charge is -2.21. The van der Waals surface area contributed by atoms with Gasteiger partial charge in [-0.25, -0.2) is 0 Å². The number of ether oxygens (including phenoxy) is 1. The van der Waals surface area contributed by atoms with Crippen LogP contribution in [0, 0.1) is 0 Å². The Morgan fingerprint density at radius 1 is 1.28 bits per heavy atom. The van der Waals surface area contributed by atoms with Crippen LogP contribution < -0.4 is 0 Å². The molecule has 0 aromatic rings. The van der Waals surface area contributed by atoms with E-state index in [0.29, 0.717) is 0 Å². The third-order valence-electron chi connectivity index (χ3n) is 3.03. The fourth-order valence-corrected chi connectivity index (χ4v) is 2.02. The van der Waals surface area contributed by atoms with E-state index in [9.17, 15) is 9.59 Å². The number of unbranched alkanes of at least 4 members (excludes halogenated alkanes) is 1. The van der Waals surface area contributed by atoms with E-state index in [1.54, 1.807) is 11.9 Å². The van der Waals surface area contributed by atoms with E-state index in [1.165, 1.54) is 0 Å². The van der Waals surface area contributed by atoms with Gasteiger partial charge in [-0.15, -0.1) is 0 Å². The summed E-state index contributed by atoms with van der Waals surface area (Å²) in [7, 11) is 0.793. The molecule has 0 aromatic carbocycles. The summed E-state index contributed by atoms with van der Waals surface area (Å²) in [4.78, 5) is 24.6. The molecule has 7 heteroatoms. The third-order valence-corrected chi connectivity index (χ3v) is 3.03. The molecule has 0 bridgehead atoms. The van der Waals surface area contributed by atoms with Crippen molar-refractivity contribution < 1.29 is 23.6 Å². The van der Waals surface area contributed by atoms with Gasteiger partial charge in [0.15, 0.2) is 0 Å². The Hall–Kier alpha value is -1.08. The number of rotatable bonds is 4. The van der Waals surface area contributed by atoms with Crippen molar-refractivity contribution in [3.63, 3.8) is 0 Å². The number of nitrogens with zero attached hydrogens (tertiary/aromatic N) is 1. The molecule has 2 rings (SSSR count). The van der Waals surface area contributed by atoms with Gasteiger partial charge >= 0.3 is 19.1 Å². The van der Waals surface area contributed by atoms with Crippen LogP contribution in [0.25, 0.3) is 0 Å². The highest BCUT2D eigenvalue weighted by molar-refractivity contribution is 6.51. The molecular weight excluding hydrogens is 237 g/mol. The van der Waals surface area contributed by atoms with Crippen LogP contribution in [0.4, 0.5) is 0 Å². The zero-order valence-electron chi connectivity index (χ0n) is 10.8. The predicted molar refractivity (Wildman–Crippen MR) is 63.6 cm³/mol. The highest BCUT2D eigenvalue weighted by Crippen LogP contribution is 2.30. The summed E-state index contributed by atoms with van der Waals surface area (Å²) < 4.78 is 15.6. The van der Waals surface area contributed by atoms with Crippen molar-refractivity contribution in [1.82, 2.24) is 4.90 Å². The number of carbonyl (C=O) groups excluding carboxylic acids is 2. The van der Waals surface area contributed by atoms with Gasteiger partial charge in [0.05, 0.1) is 19.2 Å². The molecule has 0 aromatic heterocycles. The fourth-order valence-electron chi connectivity index (χ4n) is 2.02. The minimum absolute atomic E-state index is 0.0488. The van der Waals surface area contributed by atoms with E-state index in [-0.39, 0.29) is 37.1 Å². The molecule has 2 aliphatic rings. The van der Waals surface area contributed by atoms with Crippen LogP contribution in [-0.4, -0.2) is 56.2 Å². The van der Waals surface area contributed by atoms with Crippen LogP contribution in [0.15, 0.2) is 0 Å². The average Bonchev–Trinajstić information content (AvgIpc) is 3.02. The fraction of sp³-hybridized carbons (Fsp3) is 0.818. The summed E-state index contributed by atoms with van der Waals surface area (Å²) in [5, 5.41) is 0. The highest BCUT2D eigenvalue weighted by atomic mass is 16.7. The lowest BCUT2D eigenvalue weighted by Crippen LogP contribution is -2.45. The van der Waals surface area contributed by atoms with Crippen LogP contribution in [0.5, 0.6) is 0 Å². The Morgan fingerprint density at radius 3 is 2.44 bits per heavy atom. The van der Waals surface area contributed by atoms with Crippen molar-refractivity contribution in [3.05, 3.63) is 0 Å². The first-order valence-electron chi connectivity index (χ1n) is 6.33. The predicted octanol–water partition coefficient (Wildman–Crippen LogP) is 0.00320. The number of carbonyl (C=O) groups is 2. The first kappa shape index (κ1) is 13.4. The largest absolute Gasteiger partial charge is 0.632 e. The van der Waals surface area contributed by atoms with E-state index in [1.807, 2.05) is 0 Å². The van der Waals surface area contributed by atoms with Crippen molar-refractivity contribution >= 4 is 19.1 Å². The van der Waals surface area contributed by atoms with Gasteiger partial charge in [-0.3, -0.25) is 14.5 Å². The number of epoxide rings is 1. The maximum absolute atomic E-state index is 11.5. The molecule has 2 heterocycles. The van der Waals surface area contributed by atoms with Gasteiger partial charge in [-0.05, 0) is 13.5 Å². The average molecular weight is 255 g/mol. The Kier molecular flexibility index (Phi) is 4.24. The Bertz CT molecular complexity index is 317. The van der Waals surface area contributed by atoms with Crippen molar-refractivity contribution in [2.45, 2.75) is 38.3 Å². The minimum atomic E-state index is -0.874. The zero-order valence-corrected chi connectivity index (χ0v) is 10.8. The molecular formula is C11H18BNO5. The summed E-state index contributed by atoms with van der Waals surface area (Å²) in [6.45, 7) is 2.29. The standard InChI is InChI=1S/C11H18BNO5/c1-3-4-5-8-11(16-8)12-17-9(14)6-13(2)7-10(15)18-12/h8,11H,3-7H2,1-2H3/t8-,11+/m1/s1. The SMILES string of the molecule is CCCC[C@H]1O[C@@H]1B1OC(=O)CN(C)CC(=O)O1. The summed E-state index contributed by atoms with van der Waals surface area (Å²) in [5.41, 5.74) is 0. The van der Waals surface area contributed by atoms with Crippen LogP contribution in [0.1, 0.15) is 26.2 Å². The van der Waals surface area contributed by atoms with Crippen LogP contribution in [-0.2, 0) is 23.6 Å². The van der Waals surface area contributed by atoms with Gasteiger partial charge in [0.25, 0.3) is 0 Å². The first-order chi connectivity index (χ1) is 8.60. The molecule has 2 fully saturated rings. The second-order valence-corrected chi connectivity index (χ2v) is 4.80. The second-order valence-electron chi connectivity index (χ2n) is 4.80. The van der Waals surface area contributed by atoms with E-state index < -0.39 is 7.12 Å². The molecule has 6 nitrogen and oxygen atoms in total. The molecule has 0 saturated carbocycles. The number of hydrogen-bond donors (Lipinski definition) is 0. The minimum Gasteiger partial charge on any atom is -0.496 e. The van der Waals surface area contributed by atoms with Crippen LogP contribution in [0.2, 0.25) is 0 Å². The summed E-state index contributed by atoms with van der Waals surface area (Å²) in [6, 6.07) is -0.284. The maximum Gasteiger partial charge on any atom is 0.632 e. The van der Waals surface area contributed by atoms with E-state index in [2.05, 4.69) is 6.92 Å². The Morgan fingerprint density at radius 2 is 1.89 bits per heavy atom. The lowest BCUT2D eigenvalue weighted by molar-refractivity contribution is -0.145. The van der Waals surface area contributed by atoms with Crippen molar-refractivity contribution in [3.8, 4) is 0 Å². The van der Waals surface area contributed by atoms with E-state index >= 15 is 0 Å². The molecule has 0 aliphatic carbocycles. The molecule has 100 valence electrons. The monoisotopic (exact) mass is 255 g/mol. The quantitative estimate of drug-likeness (QED) is 0.520. The maximum atomic E-state index is 11.5. The van der Waals surface area contributed by atoms with Crippen molar-refractivity contribution in [2.24, 2.45) is 0 Å². The van der Waals surface area contributed by atoms with Gasteiger partial charge in [0.2, 0.25) is 0 Å². The van der Waals surface area contributed by atoms with Gasteiger partial charge in [-0.2, -0.15) is 0 Å². The molecule has 18 heavy (non-hydrogen) atoms. The molecule has 0 radical (unpaired) electrons. The van der Waals surface area contributed by atoms with E-state index in [4.69, 9.17) is 14.0 Å². The Labute approximate surface area is 107 Å². The molecule has 0 N–H and O–H groups in total. The smallest absolute Gasteiger partial charge is 0.496 e. The Balaban J connectivity index is 1.88. The molecule has 2 aliphatic heterocycles. The highest BCUT2D eigenvalue weighted by Gasteiger charge is 2.55. The van der Waals surface area contributed by atoms with E-state index in [0.717, 1.165) is 19.3 Å². The first-order valence-corrected chi connectivity index (χ1v) is 6.33. The van der Waals surface area contributed by atoms with Crippen molar-refractivity contribution in [2.75, 3.05) is 20.1 Å². The summed E-state index contributed by atoms with van der Waals surface area (Å²) >= 11 is 0. The van der Waals surface area contributed by atoms with Crippen molar-refractivity contribution in [1.29, 1.82) is 0 Å². The normalized spacial score (nSPS) is 29.3. The zero-order chi connectivity index (χ0) is 13.1. The van der Waals surface area contributed by atoms with Crippen LogP contribution >= 0.6 is 0 Å². The molecule has 0 amide bonds. The lowest BCUT2D eigenvalue weighted by atomic mass is 9.81. The van der Waals surface area contributed by atoms with Gasteiger partial charge in [0.1, 0.15) is 6.00 Å². The number of likely N-dealkylation sites (N-methyl/N-ethyl adjacent to an activating group) is 1. The molecule has 0 spiro atoms. The van der Waals surface area contributed by atoms with Gasteiger partial charge < -0.3 is 14.0 Å². The number of hydrogen-bond acceptors (Lipinski definition) is 6. The topological polar surface area (TPSA) is 68.4 Å². The second kappa shape index (κ2) is 5.71. The molecule has 0 unspecified atom stereocenters.